The number of carbonyl (C=O) groups excluding carboxylic acids is 3. The lowest BCUT2D eigenvalue weighted by Gasteiger charge is -2.27. The summed E-state index contributed by atoms with van der Waals surface area (Å²) in [5.74, 6) is 0.0225. The predicted molar refractivity (Wildman–Crippen MR) is 126 cm³/mol. The molecule has 8 heteroatoms. The molecule has 2 N–H and O–H groups in total. The number of amides is 2. The minimum Gasteiger partial charge on any atom is -0.490 e. The molecule has 1 fully saturated rings. The summed E-state index contributed by atoms with van der Waals surface area (Å²) in [4.78, 5) is 36.3. The molecule has 0 spiro atoms. The minimum atomic E-state index is -0.285. The van der Waals surface area contributed by atoms with E-state index in [1.807, 2.05) is 6.92 Å². The fraction of sp³-hybridized carbons (Fsp3) is 0.400. The summed E-state index contributed by atoms with van der Waals surface area (Å²) >= 11 is 6.01. The minimum absolute atomic E-state index is 0.0367. The average Bonchev–Trinajstić information content (AvgIpc) is 2.83. The van der Waals surface area contributed by atoms with Gasteiger partial charge in [0.25, 0.3) is 11.8 Å². The van der Waals surface area contributed by atoms with Crippen LogP contribution in [0.1, 0.15) is 53.3 Å². The molecule has 0 radical (unpaired) electrons. The highest BCUT2D eigenvalue weighted by molar-refractivity contribution is 6.33. The topological polar surface area (TPSA) is 93.7 Å². The van der Waals surface area contributed by atoms with Crippen molar-refractivity contribution in [2.45, 2.75) is 38.7 Å². The van der Waals surface area contributed by atoms with Gasteiger partial charge in [-0.05, 0) is 69.0 Å². The molecule has 176 valence electrons. The number of carbonyl (C=O) groups is 3. The molecule has 2 aromatic carbocycles. The second-order valence-corrected chi connectivity index (χ2v) is 8.27. The molecule has 3 rings (SSSR count). The van der Waals surface area contributed by atoms with Crippen molar-refractivity contribution in [3.05, 3.63) is 64.7 Å². The third-order valence-corrected chi connectivity index (χ3v) is 5.86. The van der Waals surface area contributed by atoms with Crippen LogP contribution in [0.3, 0.4) is 0 Å². The second-order valence-electron chi connectivity index (χ2n) is 7.86. The summed E-state index contributed by atoms with van der Waals surface area (Å²) in [6.07, 6.45) is 3.17. The Morgan fingerprint density at radius 1 is 0.909 bits per heavy atom. The quantitative estimate of drug-likeness (QED) is 0.425. The van der Waals surface area contributed by atoms with Gasteiger partial charge in [-0.2, -0.15) is 0 Å². The maximum atomic E-state index is 12.3. The molecule has 0 unspecified atom stereocenters. The van der Waals surface area contributed by atoms with E-state index >= 15 is 0 Å². The van der Waals surface area contributed by atoms with Gasteiger partial charge in [-0.25, -0.2) is 0 Å². The third-order valence-electron chi connectivity index (χ3n) is 5.53. The van der Waals surface area contributed by atoms with E-state index in [0.29, 0.717) is 28.5 Å². The Morgan fingerprint density at radius 3 is 2.18 bits per heavy atom. The van der Waals surface area contributed by atoms with E-state index in [0.717, 1.165) is 25.7 Å². The van der Waals surface area contributed by atoms with E-state index in [9.17, 15) is 14.4 Å². The van der Waals surface area contributed by atoms with Crippen LogP contribution in [-0.4, -0.2) is 43.6 Å². The number of ether oxygens (including phenoxy) is 2. The van der Waals surface area contributed by atoms with E-state index in [2.05, 4.69) is 10.6 Å². The van der Waals surface area contributed by atoms with Crippen molar-refractivity contribution in [3.8, 4) is 5.75 Å². The van der Waals surface area contributed by atoms with E-state index in [4.69, 9.17) is 21.1 Å². The normalized spacial score (nSPS) is 17.6. The number of nitrogens with one attached hydrogen (secondary N) is 2. The van der Waals surface area contributed by atoms with Gasteiger partial charge in [0.15, 0.2) is 0 Å². The van der Waals surface area contributed by atoms with Crippen LogP contribution < -0.4 is 15.4 Å². The van der Waals surface area contributed by atoms with Crippen LogP contribution >= 0.6 is 11.6 Å². The fourth-order valence-corrected chi connectivity index (χ4v) is 3.97. The molecule has 1 saturated carbocycles. The molecule has 0 saturated heterocycles. The maximum Gasteiger partial charge on any atom is 0.308 e. The molecule has 0 aromatic heterocycles. The van der Waals surface area contributed by atoms with Crippen LogP contribution in [0.25, 0.3) is 0 Å². The Kier molecular flexibility index (Phi) is 9.13. The van der Waals surface area contributed by atoms with Crippen LogP contribution in [0.2, 0.25) is 5.02 Å². The zero-order valence-corrected chi connectivity index (χ0v) is 19.4. The highest BCUT2D eigenvalue weighted by atomic mass is 35.5. The van der Waals surface area contributed by atoms with Gasteiger partial charge in [0.2, 0.25) is 0 Å². The van der Waals surface area contributed by atoms with Gasteiger partial charge < -0.3 is 20.1 Å². The largest absolute Gasteiger partial charge is 0.490 e. The number of hydrogen-bond donors (Lipinski definition) is 2. The lowest BCUT2D eigenvalue weighted by molar-refractivity contribution is -0.149. The summed E-state index contributed by atoms with van der Waals surface area (Å²) in [6, 6.07) is 13.7. The molecule has 1 aliphatic carbocycles. The lowest BCUT2D eigenvalue weighted by Crippen LogP contribution is -2.34. The van der Waals surface area contributed by atoms with Gasteiger partial charge in [-0.15, -0.1) is 0 Å². The summed E-state index contributed by atoms with van der Waals surface area (Å²) in [5, 5.41) is 5.89. The van der Waals surface area contributed by atoms with Gasteiger partial charge in [-0.3, -0.25) is 14.4 Å². The Morgan fingerprint density at radius 2 is 1.55 bits per heavy atom. The third kappa shape index (κ3) is 7.22. The van der Waals surface area contributed by atoms with Gasteiger partial charge in [0.1, 0.15) is 5.75 Å². The van der Waals surface area contributed by atoms with Crippen molar-refractivity contribution in [2.75, 3.05) is 19.7 Å². The SMILES string of the molecule is CCOC(=O)[C@H]1CC[C@@H](Oc2ccc(C(=O)NCCNC(=O)c3ccccc3Cl)cc2)CC1. The van der Waals surface area contributed by atoms with E-state index in [1.165, 1.54) is 0 Å². The average molecular weight is 473 g/mol. The van der Waals surface area contributed by atoms with Gasteiger partial charge in [0.05, 0.1) is 29.2 Å². The monoisotopic (exact) mass is 472 g/mol. The van der Waals surface area contributed by atoms with Gasteiger partial charge in [-0.1, -0.05) is 23.7 Å². The smallest absolute Gasteiger partial charge is 0.308 e. The first-order valence-electron chi connectivity index (χ1n) is 11.2. The molecular weight excluding hydrogens is 444 g/mol. The van der Waals surface area contributed by atoms with Crippen molar-refractivity contribution >= 4 is 29.4 Å². The number of rotatable bonds is 9. The molecular formula is C25H29ClN2O5. The van der Waals surface area contributed by atoms with Crippen molar-refractivity contribution in [3.63, 3.8) is 0 Å². The molecule has 0 bridgehead atoms. The molecule has 33 heavy (non-hydrogen) atoms. The highest BCUT2D eigenvalue weighted by Crippen LogP contribution is 2.28. The highest BCUT2D eigenvalue weighted by Gasteiger charge is 2.28. The molecule has 0 atom stereocenters. The van der Waals surface area contributed by atoms with Gasteiger partial charge in [0, 0.05) is 18.7 Å². The van der Waals surface area contributed by atoms with Gasteiger partial charge >= 0.3 is 5.97 Å². The Hall–Kier alpha value is -3.06. The first-order valence-corrected chi connectivity index (χ1v) is 11.6. The zero-order chi connectivity index (χ0) is 23.6. The van der Waals surface area contributed by atoms with Crippen LogP contribution in [0.4, 0.5) is 0 Å². The molecule has 2 amide bonds. The first kappa shape index (κ1) is 24.6. The fourth-order valence-electron chi connectivity index (χ4n) is 3.75. The Bertz CT molecular complexity index is 956. The van der Waals surface area contributed by atoms with Crippen molar-refractivity contribution in [2.24, 2.45) is 5.92 Å². The Balaban J connectivity index is 1.38. The summed E-state index contributed by atoms with van der Waals surface area (Å²) < 4.78 is 11.1. The number of esters is 1. The van der Waals surface area contributed by atoms with Crippen molar-refractivity contribution < 1.29 is 23.9 Å². The molecule has 1 aliphatic rings. The van der Waals surface area contributed by atoms with Crippen LogP contribution in [-0.2, 0) is 9.53 Å². The molecule has 0 heterocycles. The number of benzene rings is 2. The summed E-state index contributed by atoms with van der Waals surface area (Å²) in [6.45, 7) is 2.80. The predicted octanol–water partition coefficient (Wildman–Crippen LogP) is 4.00. The first-order chi connectivity index (χ1) is 16.0. The number of halogens is 1. The van der Waals surface area contributed by atoms with Crippen LogP contribution in [0.15, 0.2) is 48.5 Å². The number of hydrogen-bond acceptors (Lipinski definition) is 5. The molecule has 7 nitrogen and oxygen atoms in total. The van der Waals surface area contributed by atoms with Crippen molar-refractivity contribution in [1.29, 1.82) is 0 Å². The van der Waals surface area contributed by atoms with Crippen LogP contribution in [0, 0.1) is 5.92 Å². The molecule has 0 aliphatic heterocycles. The summed E-state index contributed by atoms with van der Waals surface area (Å²) in [5.41, 5.74) is 0.904. The maximum absolute atomic E-state index is 12.3. The van der Waals surface area contributed by atoms with Crippen molar-refractivity contribution in [1.82, 2.24) is 10.6 Å². The second kappa shape index (κ2) is 12.3. The van der Waals surface area contributed by atoms with E-state index in [-0.39, 0.29) is 42.9 Å². The molecule has 2 aromatic rings. The summed E-state index contributed by atoms with van der Waals surface area (Å²) in [7, 11) is 0. The lowest BCUT2D eigenvalue weighted by atomic mass is 9.87. The van der Waals surface area contributed by atoms with E-state index < -0.39 is 0 Å². The zero-order valence-electron chi connectivity index (χ0n) is 18.6. The van der Waals surface area contributed by atoms with E-state index in [1.54, 1.807) is 48.5 Å². The standard InChI is InChI=1S/C25H29ClN2O5/c1-2-32-25(31)18-9-13-20(14-10-18)33-19-11-7-17(8-12-19)23(29)27-15-16-28-24(30)21-5-3-4-6-22(21)26/h3-8,11-12,18,20H,2,9-10,13-16H2,1H3,(H,27,29)(H,28,30)/t18-,20+. The Labute approximate surface area is 198 Å². The van der Waals surface area contributed by atoms with Crippen LogP contribution in [0.5, 0.6) is 5.75 Å².